The van der Waals surface area contributed by atoms with Crippen LogP contribution in [0, 0.1) is 20.8 Å². The van der Waals surface area contributed by atoms with Gasteiger partial charge in [0.15, 0.2) is 0 Å². The van der Waals surface area contributed by atoms with Crippen molar-refractivity contribution in [3.8, 4) is 5.75 Å². The van der Waals surface area contributed by atoms with Crippen LogP contribution in [0.15, 0.2) is 30.3 Å². The maximum atomic E-state index is 13.2. The Labute approximate surface area is 193 Å². The first kappa shape index (κ1) is 25.7. The molecular weight excluding hydrogens is 424 g/mol. The van der Waals surface area contributed by atoms with Crippen molar-refractivity contribution in [2.24, 2.45) is 0 Å². The Balaban J connectivity index is 2.37. The summed E-state index contributed by atoms with van der Waals surface area (Å²) in [5.41, 5.74) is 5.40. The van der Waals surface area contributed by atoms with Crippen molar-refractivity contribution in [2.45, 2.75) is 66.5 Å². The van der Waals surface area contributed by atoms with Crippen molar-refractivity contribution in [3.05, 3.63) is 58.1 Å². The minimum atomic E-state index is -3.68. The SMILES string of the molecule is COc1cc(C)c([C@H](C)NC(=O)[C@@H](C)N(c2cc(C)cc(C)c2)S(C)(=O)=O)cc1C(C)C. The lowest BCUT2D eigenvalue weighted by Gasteiger charge is -2.30. The molecule has 2 rings (SSSR count). The highest BCUT2D eigenvalue weighted by molar-refractivity contribution is 7.92. The molecule has 7 heteroatoms. The molecule has 0 saturated heterocycles. The highest BCUT2D eigenvalue weighted by Crippen LogP contribution is 2.32. The average molecular weight is 461 g/mol. The fourth-order valence-electron chi connectivity index (χ4n) is 4.11. The van der Waals surface area contributed by atoms with E-state index in [2.05, 4.69) is 25.2 Å². The third-order valence-electron chi connectivity index (χ3n) is 5.62. The molecule has 0 aliphatic rings. The molecular formula is C25H36N2O4S. The van der Waals surface area contributed by atoms with Crippen molar-refractivity contribution >= 4 is 21.6 Å². The van der Waals surface area contributed by atoms with Gasteiger partial charge in [0.2, 0.25) is 15.9 Å². The number of amides is 1. The summed E-state index contributed by atoms with van der Waals surface area (Å²) in [7, 11) is -2.02. The van der Waals surface area contributed by atoms with Crippen LogP contribution in [0.1, 0.15) is 67.5 Å². The highest BCUT2D eigenvalue weighted by Gasteiger charge is 2.30. The fraction of sp³-hybridized carbons (Fsp3) is 0.480. The van der Waals surface area contributed by atoms with Crippen molar-refractivity contribution < 1.29 is 17.9 Å². The van der Waals surface area contributed by atoms with Crippen LogP contribution in [0.5, 0.6) is 5.75 Å². The Kier molecular flexibility index (Phi) is 7.99. The molecule has 2 aromatic rings. The summed E-state index contributed by atoms with van der Waals surface area (Å²) in [6.07, 6.45) is 1.13. The zero-order valence-electron chi connectivity index (χ0n) is 20.6. The summed E-state index contributed by atoms with van der Waals surface area (Å²) >= 11 is 0. The van der Waals surface area contributed by atoms with E-state index in [0.717, 1.165) is 39.8 Å². The molecule has 0 spiro atoms. The number of carbonyl (C=O) groups is 1. The predicted molar refractivity (Wildman–Crippen MR) is 131 cm³/mol. The number of sulfonamides is 1. The van der Waals surface area contributed by atoms with Gasteiger partial charge in [0.1, 0.15) is 11.8 Å². The van der Waals surface area contributed by atoms with E-state index in [1.54, 1.807) is 26.2 Å². The summed E-state index contributed by atoms with van der Waals surface area (Å²) in [4.78, 5) is 13.2. The van der Waals surface area contributed by atoms with E-state index in [9.17, 15) is 13.2 Å². The molecule has 0 heterocycles. The number of hydrogen-bond acceptors (Lipinski definition) is 4. The lowest BCUT2D eigenvalue weighted by Crippen LogP contribution is -2.48. The average Bonchev–Trinajstić information content (AvgIpc) is 2.65. The van der Waals surface area contributed by atoms with Crippen molar-refractivity contribution in [2.75, 3.05) is 17.7 Å². The van der Waals surface area contributed by atoms with Gasteiger partial charge >= 0.3 is 0 Å². The van der Waals surface area contributed by atoms with E-state index in [1.807, 2.05) is 39.8 Å². The van der Waals surface area contributed by atoms with Gasteiger partial charge in [-0.3, -0.25) is 9.10 Å². The van der Waals surface area contributed by atoms with Crippen LogP contribution >= 0.6 is 0 Å². The summed E-state index contributed by atoms with van der Waals surface area (Å²) < 4.78 is 32.0. The van der Waals surface area contributed by atoms with Gasteiger partial charge < -0.3 is 10.1 Å². The Morgan fingerprint density at radius 3 is 1.97 bits per heavy atom. The summed E-state index contributed by atoms with van der Waals surface area (Å²) in [5, 5.41) is 3.01. The number of hydrogen-bond donors (Lipinski definition) is 1. The second kappa shape index (κ2) is 9.94. The van der Waals surface area contributed by atoms with Crippen LogP contribution in [-0.2, 0) is 14.8 Å². The van der Waals surface area contributed by atoms with Crippen LogP contribution in [0.4, 0.5) is 5.69 Å². The first-order valence-electron chi connectivity index (χ1n) is 10.8. The van der Waals surface area contributed by atoms with Crippen LogP contribution < -0.4 is 14.4 Å². The van der Waals surface area contributed by atoms with Gasteiger partial charge in [0, 0.05) is 0 Å². The normalized spacial score (nSPS) is 13.6. The van der Waals surface area contributed by atoms with Gasteiger partial charge in [0.05, 0.1) is 25.1 Å². The molecule has 0 aliphatic carbocycles. The molecule has 0 bridgehead atoms. The Morgan fingerprint density at radius 1 is 0.938 bits per heavy atom. The monoisotopic (exact) mass is 460 g/mol. The minimum Gasteiger partial charge on any atom is -0.496 e. The molecule has 0 saturated carbocycles. The third kappa shape index (κ3) is 5.82. The number of nitrogens with one attached hydrogen (secondary N) is 1. The number of aryl methyl sites for hydroxylation is 3. The van der Waals surface area contributed by atoms with Gasteiger partial charge in [-0.1, -0.05) is 19.9 Å². The van der Waals surface area contributed by atoms with Crippen LogP contribution in [0.25, 0.3) is 0 Å². The Morgan fingerprint density at radius 2 is 1.50 bits per heavy atom. The number of methoxy groups -OCH3 is 1. The molecule has 6 nitrogen and oxygen atoms in total. The van der Waals surface area contributed by atoms with Gasteiger partial charge in [-0.25, -0.2) is 8.42 Å². The molecule has 2 aromatic carbocycles. The van der Waals surface area contributed by atoms with Crippen molar-refractivity contribution in [1.82, 2.24) is 5.32 Å². The largest absolute Gasteiger partial charge is 0.496 e. The Hall–Kier alpha value is -2.54. The number of nitrogens with zero attached hydrogens (tertiary/aromatic N) is 1. The fourth-order valence-corrected chi connectivity index (χ4v) is 5.27. The summed E-state index contributed by atoms with van der Waals surface area (Å²) in [5.74, 6) is 0.728. The number of benzene rings is 2. The van der Waals surface area contributed by atoms with E-state index in [0.29, 0.717) is 5.69 Å². The number of anilines is 1. The predicted octanol–water partition coefficient (Wildman–Crippen LogP) is 4.78. The molecule has 0 aromatic heterocycles. The molecule has 32 heavy (non-hydrogen) atoms. The molecule has 0 aliphatic heterocycles. The number of carbonyl (C=O) groups excluding carboxylic acids is 1. The van der Waals surface area contributed by atoms with E-state index < -0.39 is 16.1 Å². The summed E-state index contributed by atoms with van der Waals surface area (Å²) in [6, 6.07) is 8.37. The van der Waals surface area contributed by atoms with E-state index in [-0.39, 0.29) is 17.9 Å². The highest BCUT2D eigenvalue weighted by atomic mass is 32.2. The maximum absolute atomic E-state index is 13.2. The Bertz CT molecular complexity index is 1070. The second-order valence-electron chi connectivity index (χ2n) is 8.92. The van der Waals surface area contributed by atoms with Crippen molar-refractivity contribution in [1.29, 1.82) is 0 Å². The lowest BCUT2D eigenvalue weighted by atomic mass is 9.93. The van der Waals surface area contributed by atoms with Crippen LogP contribution in [-0.4, -0.2) is 33.7 Å². The van der Waals surface area contributed by atoms with Gasteiger partial charge in [-0.15, -0.1) is 0 Å². The second-order valence-corrected chi connectivity index (χ2v) is 10.8. The van der Waals surface area contributed by atoms with Crippen LogP contribution in [0.3, 0.4) is 0 Å². The van der Waals surface area contributed by atoms with Gasteiger partial charge in [0.25, 0.3) is 0 Å². The third-order valence-corrected chi connectivity index (χ3v) is 6.86. The lowest BCUT2D eigenvalue weighted by molar-refractivity contribution is -0.122. The molecule has 1 amide bonds. The van der Waals surface area contributed by atoms with Crippen molar-refractivity contribution in [3.63, 3.8) is 0 Å². The topological polar surface area (TPSA) is 75.7 Å². The van der Waals surface area contributed by atoms with E-state index >= 15 is 0 Å². The molecule has 2 atom stereocenters. The zero-order valence-corrected chi connectivity index (χ0v) is 21.4. The molecule has 0 radical (unpaired) electrons. The van der Waals surface area contributed by atoms with Gasteiger partial charge in [-0.2, -0.15) is 0 Å². The van der Waals surface area contributed by atoms with E-state index in [4.69, 9.17) is 4.74 Å². The maximum Gasteiger partial charge on any atom is 0.244 e. The van der Waals surface area contributed by atoms with Crippen LogP contribution in [0.2, 0.25) is 0 Å². The molecule has 176 valence electrons. The zero-order chi connectivity index (χ0) is 24.4. The number of rotatable bonds is 8. The van der Waals surface area contributed by atoms with Gasteiger partial charge in [-0.05, 0) is 92.6 Å². The molecule has 0 unspecified atom stereocenters. The smallest absolute Gasteiger partial charge is 0.244 e. The quantitative estimate of drug-likeness (QED) is 0.615. The first-order chi connectivity index (χ1) is 14.8. The van der Waals surface area contributed by atoms with E-state index in [1.165, 1.54) is 4.31 Å². The first-order valence-corrected chi connectivity index (χ1v) is 12.7. The number of ether oxygens (including phenoxy) is 1. The molecule has 1 N–H and O–H groups in total. The summed E-state index contributed by atoms with van der Waals surface area (Å²) in [6.45, 7) is 13.5. The standard InChI is InChI=1S/C25H36N2O4S/c1-15(2)22-14-23(18(5)13-24(22)31-8)19(6)26-25(28)20(7)27(32(9,29)30)21-11-16(3)10-17(4)12-21/h10-15,19-20H,1-9H3,(H,26,28)/t19-,20+/m0/s1. The minimum absolute atomic E-state index is 0.261. The molecule has 0 fully saturated rings.